The Bertz CT molecular complexity index is 830. The summed E-state index contributed by atoms with van der Waals surface area (Å²) < 4.78 is 0.705. The monoisotopic (exact) mass is 299 g/mol. The van der Waals surface area contributed by atoms with Gasteiger partial charge in [0, 0.05) is 12.4 Å². The van der Waals surface area contributed by atoms with E-state index in [2.05, 4.69) is 15.3 Å². The van der Waals surface area contributed by atoms with E-state index < -0.39 is 5.97 Å². The van der Waals surface area contributed by atoms with Crippen LogP contribution < -0.4 is 5.32 Å². The highest BCUT2D eigenvalue weighted by atomic mass is 32.1. The zero-order valence-electron chi connectivity index (χ0n) is 10.6. The van der Waals surface area contributed by atoms with Crippen molar-refractivity contribution in [3.63, 3.8) is 0 Å². The first-order valence-corrected chi connectivity index (χ1v) is 6.80. The molecule has 0 bridgehead atoms. The number of benzene rings is 1. The third-order valence-electron chi connectivity index (χ3n) is 2.78. The molecule has 3 rings (SSSR count). The summed E-state index contributed by atoms with van der Waals surface area (Å²) in [5.41, 5.74) is 1.27. The van der Waals surface area contributed by atoms with Crippen molar-refractivity contribution in [3.05, 3.63) is 53.9 Å². The van der Waals surface area contributed by atoms with Gasteiger partial charge in [-0.2, -0.15) is 0 Å². The van der Waals surface area contributed by atoms with Crippen molar-refractivity contribution < 1.29 is 14.7 Å². The first-order valence-electron chi connectivity index (χ1n) is 5.99. The summed E-state index contributed by atoms with van der Waals surface area (Å²) in [7, 11) is 0. The molecule has 2 N–H and O–H groups in total. The molecule has 0 saturated heterocycles. The van der Waals surface area contributed by atoms with Crippen molar-refractivity contribution >= 4 is 38.6 Å². The predicted octanol–water partition coefficient (Wildman–Crippen LogP) is 2.64. The lowest BCUT2D eigenvalue weighted by Crippen LogP contribution is -2.11. The highest BCUT2D eigenvalue weighted by Gasteiger charge is 2.11. The highest BCUT2D eigenvalue weighted by Crippen LogP contribution is 2.27. The van der Waals surface area contributed by atoms with Gasteiger partial charge in [-0.05, 0) is 30.3 Å². The first kappa shape index (κ1) is 13.2. The number of anilines is 1. The number of amides is 1. The van der Waals surface area contributed by atoms with E-state index in [1.54, 1.807) is 24.4 Å². The van der Waals surface area contributed by atoms with Crippen LogP contribution in [-0.4, -0.2) is 27.0 Å². The first-order chi connectivity index (χ1) is 10.1. The minimum atomic E-state index is -0.994. The maximum Gasteiger partial charge on any atom is 0.335 e. The molecule has 0 aliphatic carbocycles. The number of nitrogens with one attached hydrogen (secondary N) is 1. The molecule has 0 radical (unpaired) electrons. The van der Waals surface area contributed by atoms with Gasteiger partial charge in [-0.1, -0.05) is 11.3 Å². The Labute approximate surface area is 123 Å². The topological polar surface area (TPSA) is 92.2 Å². The minimum absolute atomic E-state index is 0.191. The van der Waals surface area contributed by atoms with Crippen molar-refractivity contribution in [2.24, 2.45) is 0 Å². The Balaban J connectivity index is 1.88. The van der Waals surface area contributed by atoms with Crippen LogP contribution in [0.1, 0.15) is 20.7 Å². The summed E-state index contributed by atoms with van der Waals surface area (Å²) in [6, 6.07) is 7.96. The second-order valence-electron chi connectivity index (χ2n) is 4.20. The molecular weight excluding hydrogens is 290 g/mol. The van der Waals surface area contributed by atoms with Crippen LogP contribution in [0.4, 0.5) is 5.13 Å². The van der Waals surface area contributed by atoms with Gasteiger partial charge in [-0.15, -0.1) is 0 Å². The van der Waals surface area contributed by atoms with Crippen molar-refractivity contribution in [2.45, 2.75) is 0 Å². The summed E-state index contributed by atoms with van der Waals surface area (Å²) in [6.07, 6.45) is 3.05. The number of pyridine rings is 1. The van der Waals surface area contributed by atoms with Gasteiger partial charge in [0.05, 0.1) is 21.3 Å². The minimum Gasteiger partial charge on any atom is -0.478 e. The molecule has 0 fully saturated rings. The molecule has 0 spiro atoms. The molecule has 21 heavy (non-hydrogen) atoms. The van der Waals surface area contributed by atoms with Crippen LogP contribution in [0.5, 0.6) is 0 Å². The van der Waals surface area contributed by atoms with Crippen LogP contribution in [0.15, 0.2) is 42.7 Å². The second kappa shape index (κ2) is 5.29. The van der Waals surface area contributed by atoms with E-state index in [1.165, 1.54) is 29.7 Å². The number of aromatic nitrogens is 2. The van der Waals surface area contributed by atoms with Gasteiger partial charge < -0.3 is 5.11 Å². The SMILES string of the molecule is O=C(O)c1ccc2nc(NC(=O)c3cccnc3)sc2c1. The lowest BCUT2D eigenvalue weighted by molar-refractivity contribution is 0.0697. The summed E-state index contributed by atoms with van der Waals surface area (Å²) in [4.78, 5) is 31.0. The Morgan fingerprint density at radius 2 is 2.05 bits per heavy atom. The Hall–Kier alpha value is -2.80. The summed E-state index contributed by atoms with van der Waals surface area (Å²) in [6.45, 7) is 0. The third kappa shape index (κ3) is 2.72. The molecule has 104 valence electrons. The smallest absolute Gasteiger partial charge is 0.335 e. The van der Waals surface area contributed by atoms with E-state index in [0.29, 0.717) is 20.9 Å². The van der Waals surface area contributed by atoms with Gasteiger partial charge in [0.1, 0.15) is 0 Å². The lowest BCUT2D eigenvalue weighted by Gasteiger charge is -1.99. The van der Waals surface area contributed by atoms with Crippen LogP contribution >= 0.6 is 11.3 Å². The molecule has 1 amide bonds. The van der Waals surface area contributed by atoms with Crippen LogP contribution in [0.3, 0.4) is 0 Å². The predicted molar refractivity (Wildman–Crippen MR) is 78.8 cm³/mol. The van der Waals surface area contributed by atoms with Crippen molar-refractivity contribution in [3.8, 4) is 0 Å². The number of hydrogen-bond donors (Lipinski definition) is 2. The molecular formula is C14H9N3O3S. The average molecular weight is 299 g/mol. The van der Waals surface area contributed by atoms with E-state index in [9.17, 15) is 9.59 Å². The van der Waals surface area contributed by atoms with Crippen molar-refractivity contribution in [2.75, 3.05) is 5.32 Å². The maximum atomic E-state index is 12.0. The number of thiazole rings is 1. The largest absolute Gasteiger partial charge is 0.478 e. The molecule has 2 heterocycles. The van der Waals surface area contributed by atoms with E-state index in [0.717, 1.165) is 0 Å². The molecule has 0 unspecified atom stereocenters. The Morgan fingerprint density at radius 3 is 2.76 bits per heavy atom. The standard InChI is InChI=1S/C14H9N3O3S/c18-12(9-2-1-5-15-7-9)17-14-16-10-4-3-8(13(19)20)6-11(10)21-14/h1-7H,(H,19,20)(H,16,17,18). The zero-order chi connectivity index (χ0) is 14.8. The van der Waals surface area contributed by atoms with Gasteiger partial charge in [-0.25, -0.2) is 9.78 Å². The molecule has 2 aromatic heterocycles. The molecule has 1 aromatic carbocycles. The molecule has 0 atom stereocenters. The lowest BCUT2D eigenvalue weighted by atomic mass is 10.2. The second-order valence-corrected chi connectivity index (χ2v) is 5.23. The molecule has 7 heteroatoms. The number of rotatable bonds is 3. The van der Waals surface area contributed by atoms with E-state index in [-0.39, 0.29) is 11.5 Å². The summed E-state index contributed by atoms with van der Waals surface area (Å²) in [5.74, 6) is -1.30. The Morgan fingerprint density at radius 1 is 1.19 bits per heavy atom. The average Bonchev–Trinajstić information content (AvgIpc) is 2.89. The van der Waals surface area contributed by atoms with Crippen LogP contribution in [0.25, 0.3) is 10.2 Å². The molecule has 0 aliphatic heterocycles. The number of carboxylic acid groups (broad SMARTS) is 1. The maximum absolute atomic E-state index is 12.0. The summed E-state index contributed by atoms with van der Waals surface area (Å²) >= 11 is 1.23. The van der Waals surface area contributed by atoms with Crippen molar-refractivity contribution in [1.29, 1.82) is 0 Å². The van der Waals surface area contributed by atoms with Gasteiger partial charge >= 0.3 is 5.97 Å². The normalized spacial score (nSPS) is 10.5. The fourth-order valence-electron chi connectivity index (χ4n) is 1.78. The molecule has 0 saturated carbocycles. The van der Waals surface area contributed by atoms with E-state index >= 15 is 0 Å². The number of nitrogens with zero attached hydrogens (tertiary/aromatic N) is 2. The fourth-order valence-corrected chi connectivity index (χ4v) is 2.68. The van der Waals surface area contributed by atoms with Gasteiger partial charge in [0.25, 0.3) is 5.91 Å². The number of fused-ring (bicyclic) bond motifs is 1. The van der Waals surface area contributed by atoms with Gasteiger partial charge in [0.15, 0.2) is 5.13 Å². The van der Waals surface area contributed by atoms with E-state index in [1.807, 2.05) is 0 Å². The molecule has 0 aliphatic rings. The van der Waals surface area contributed by atoms with Crippen molar-refractivity contribution in [1.82, 2.24) is 9.97 Å². The third-order valence-corrected chi connectivity index (χ3v) is 3.71. The van der Waals surface area contributed by atoms with Crippen LogP contribution in [-0.2, 0) is 0 Å². The number of aromatic carboxylic acids is 1. The van der Waals surface area contributed by atoms with Crippen LogP contribution in [0, 0.1) is 0 Å². The summed E-state index contributed by atoms with van der Waals surface area (Å²) in [5, 5.41) is 12.0. The quantitative estimate of drug-likeness (QED) is 0.775. The number of carbonyl (C=O) groups is 2. The molecule has 6 nitrogen and oxygen atoms in total. The zero-order valence-corrected chi connectivity index (χ0v) is 11.4. The number of carbonyl (C=O) groups excluding carboxylic acids is 1. The number of carboxylic acids is 1. The van der Waals surface area contributed by atoms with Crippen LogP contribution in [0.2, 0.25) is 0 Å². The molecule has 3 aromatic rings. The Kier molecular flexibility index (Phi) is 3.33. The van der Waals surface area contributed by atoms with Gasteiger partial charge in [0.2, 0.25) is 0 Å². The van der Waals surface area contributed by atoms with Gasteiger partial charge in [-0.3, -0.25) is 15.1 Å². The highest BCUT2D eigenvalue weighted by molar-refractivity contribution is 7.22. The fraction of sp³-hybridized carbons (Fsp3) is 0. The van der Waals surface area contributed by atoms with E-state index in [4.69, 9.17) is 5.11 Å². The number of hydrogen-bond acceptors (Lipinski definition) is 5.